The van der Waals surface area contributed by atoms with Gasteiger partial charge in [0.25, 0.3) is 0 Å². The molecule has 0 saturated heterocycles. The quantitative estimate of drug-likeness (QED) is 0.278. The molecular formula is C13H13F6IO3S. The van der Waals surface area contributed by atoms with Crippen LogP contribution >= 0.6 is 0 Å². The van der Waals surface area contributed by atoms with Gasteiger partial charge in [0.1, 0.15) is 0 Å². The lowest BCUT2D eigenvalue weighted by molar-refractivity contribution is -0.557. The maximum atomic E-state index is 12.3. The van der Waals surface area contributed by atoms with Crippen LogP contribution in [0.3, 0.4) is 0 Å². The Kier molecular flexibility index (Phi) is 8.73. The Balaban J connectivity index is 0.000000561. The molecule has 0 unspecified atom stereocenters. The summed E-state index contributed by atoms with van der Waals surface area (Å²) in [5, 5.41) is 0. The smallest absolute Gasteiger partial charge is 0.485 e. The minimum atomic E-state index is -6.09. The molecule has 0 fully saturated rings. The van der Waals surface area contributed by atoms with Crippen molar-refractivity contribution in [2.75, 3.05) is 0 Å². The third-order valence-corrected chi connectivity index (χ3v) is 5.76. The molecule has 24 heavy (non-hydrogen) atoms. The van der Waals surface area contributed by atoms with Gasteiger partial charge < -0.3 is 4.55 Å². The number of allylic oxidation sites excluding steroid dienone is 1. The summed E-state index contributed by atoms with van der Waals surface area (Å²) in [6, 6.07) is 5.47. The highest BCUT2D eigenvalue weighted by molar-refractivity contribution is 7.86. The van der Waals surface area contributed by atoms with Crippen molar-refractivity contribution in [2.45, 2.75) is 32.0 Å². The summed E-state index contributed by atoms with van der Waals surface area (Å²) >= 11 is -0.299. The zero-order valence-corrected chi connectivity index (χ0v) is 15.3. The summed E-state index contributed by atoms with van der Waals surface area (Å²) in [6.07, 6.45) is -3.23. The first-order chi connectivity index (χ1) is 10.7. The average Bonchev–Trinajstić information content (AvgIpc) is 2.42. The summed E-state index contributed by atoms with van der Waals surface area (Å²) in [5.74, 6) is 0. The largest absolute Gasteiger partial charge is 0.741 e. The molecule has 1 rings (SSSR count). The zero-order chi connectivity index (χ0) is 19.2. The van der Waals surface area contributed by atoms with Gasteiger partial charge in [0.05, 0.1) is 5.56 Å². The van der Waals surface area contributed by atoms with Crippen LogP contribution in [0, 0.1) is 3.57 Å². The third kappa shape index (κ3) is 8.87. The Labute approximate surface area is 145 Å². The fourth-order valence-corrected chi connectivity index (χ4v) is 3.05. The van der Waals surface area contributed by atoms with Crippen LogP contribution in [0.5, 0.6) is 0 Å². The standard InChI is InChI=1S/C12H13F3I.CHF3O3S/c1-3-9(2)8-16-11-6-4-10(5-7-11)12(13,14)15;2-1(3,4)8(5,6)7/h4-8H,3H2,1-2H3;(H,5,6,7)/q+1;/p-1/b9-8-;. The van der Waals surface area contributed by atoms with E-state index in [1.54, 1.807) is 12.1 Å². The second kappa shape index (κ2) is 9.04. The van der Waals surface area contributed by atoms with Gasteiger partial charge >= 0.3 is 32.9 Å². The lowest BCUT2D eigenvalue weighted by Crippen LogP contribution is -3.59. The number of benzene rings is 1. The van der Waals surface area contributed by atoms with Gasteiger partial charge in [0.15, 0.2) is 17.8 Å². The first-order valence-electron chi connectivity index (χ1n) is 6.17. The number of rotatable bonds is 3. The summed E-state index contributed by atoms with van der Waals surface area (Å²) < 4.78 is 98.9. The van der Waals surface area contributed by atoms with E-state index in [9.17, 15) is 26.3 Å². The van der Waals surface area contributed by atoms with Gasteiger partial charge in [-0.1, -0.05) is 6.92 Å². The highest BCUT2D eigenvalue weighted by Crippen LogP contribution is 2.28. The molecule has 0 saturated carbocycles. The van der Waals surface area contributed by atoms with Crippen LogP contribution < -0.4 is 21.2 Å². The second-order valence-electron chi connectivity index (χ2n) is 4.32. The third-order valence-electron chi connectivity index (χ3n) is 2.38. The van der Waals surface area contributed by atoms with Crippen LogP contribution in [0.1, 0.15) is 25.8 Å². The van der Waals surface area contributed by atoms with E-state index in [0.29, 0.717) is 0 Å². The maximum Gasteiger partial charge on any atom is 0.485 e. The summed E-state index contributed by atoms with van der Waals surface area (Å²) in [4.78, 5) is 0. The van der Waals surface area contributed by atoms with Gasteiger partial charge in [0, 0.05) is 0 Å². The highest BCUT2D eigenvalue weighted by Gasteiger charge is 2.37. The van der Waals surface area contributed by atoms with E-state index >= 15 is 0 Å². The van der Waals surface area contributed by atoms with Crippen molar-refractivity contribution in [1.29, 1.82) is 0 Å². The lowest BCUT2D eigenvalue weighted by atomic mass is 10.2. The Hall–Kier alpha value is -0.820. The Morgan fingerprint density at radius 3 is 1.83 bits per heavy atom. The molecule has 0 N–H and O–H groups in total. The summed E-state index contributed by atoms with van der Waals surface area (Å²) in [7, 11) is -6.09. The first kappa shape index (κ1) is 23.2. The van der Waals surface area contributed by atoms with E-state index in [2.05, 4.69) is 11.0 Å². The minimum absolute atomic E-state index is 0.299. The van der Waals surface area contributed by atoms with Crippen LogP contribution in [-0.2, 0) is 16.3 Å². The monoisotopic (exact) mass is 490 g/mol. The fourth-order valence-electron chi connectivity index (χ4n) is 0.945. The fraction of sp³-hybridized carbons (Fsp3) is 0.385. The molecule has 0 spiro atoms. The van der Waals surface area contributed by atoms with Crippen molar-refractivity contribution < 1.29 is 60.5 Å². The number of hydrogen-bond acceptors (Lipinski definition) is 3. The van der Waals surface area contributed by atoms with Gasteiger partial charge in [0.2, 0.25) is 0 Å². The molecule has 0 atom stereocenters. The van der Waals surface area contributed by atoms with Gasteiger partial charge in [-0.05, 0) is 43.2 Å². The maximum absolute atomic E-state index is 12.3. The van der Waals surface area contributed by atoms with E-state index < -0.39 is 27.4 Å². The average molecular weight is 490 g/mol. The Bertz CT molecular complexity index is 648. The molecule has 3 nitrogen and oxygen atoms in total. The van der Waals surface area contributed by atoms with E-state index in [4.69, 9.17) is 13.0 Å². The van der Waals surface area contributed by atoms with Crippen LogP contribution in [0.25, 0.3) is 0 Å². The normalized spacial score (nSPS) is 13.3. The Morgan fingerprint density at radius 2 is 1.54 bits per heavy atom. The molecule has 0 heterocycles. The van der Waals surface area contributed by atoms with E-state index in [1.165, 1.54) is 5.57 Å². The molecule has 1 aromatic carbocycles. The SMILES string of the molecule is CC/C(C)=C\[I+]c1ccc(C(F)(F)F)cc1.O=S(=O)([O-])C(F)(F)F. The number of alkyl halides is 6. The Morgan fingerprint density at radius 1 is 1.12 bits per heavy atom. The number of halogens is 7. The second-order valence-corrected chi connectivity index (χ2v) is 8.19. The van der Waals surface area contributed by atoms with E-state index in [-0.39, 0.29) is 21.2 Å². The molecule has 0 radical (unpaired) electrons. The zero-order valence-electron chi connectivity index (χ0n) is 12.4. The number of hydrogen-bond donors (Lipinski definition) is 0. The predicted molar refractivity (Wildman–Crippen MR) is 69.9 cm³/mol. The molecule has 0 aliphatic carbocycles. The molecule has 138 valence electrons. The van der Waals surface area contributed by atoms with Crippen molar-refractivity contribution in [2.24, 2.45) is 0 Å². The molecule has 0 amide bonds. The van der Waals surface area contributed by atoms with Gasteiger partial charge in [-0.2, -0.15) is 26.3 Å². The van der Waals surface area contributed by atoms with Gasteiger partial charge in [-0.15, -0.1) is 0 Å². The minimum Gasteiger partial charge on any atom is -0.741 e. The van der Waals surface area contributed by atoms with Crippen LogP contribution in [0.4, 0.5) is 26.3 Å². The summed E-state index contributed by atoms with van der Waals surface area (Å²) in [6.45, 7) is 4.12. The lowest BCUT2D eigenvalue weighted by Gasteiger charge is -2.08. The highest BCUT2D eigenvalue weighted by atomic mass is 127. The van der Waals surface area contributed by atoms with Crippen molar-refractivity contribution in [1.82, 2.24) is 0 Å². The molecule has 0 bridgehead atoms. The van der Waals surface area contributed by atoms with E-state index in [1.807, 2.05) is 6.92 Å². The molecular weight excluding hydrogens is 477 g/mol. The molecule has 0 aliphatic rings. The van der Waals surface area contributed by atoms with Crippen LogP contribution in [0.2, 0.25) is 0 Å². The summed E-state index contributed by atoms with van der Waals surface area (Å²) in [5.41, 5.74) is -4.92. The molecule has 11 heteroatoms. The van der Waals surface area contributed by atoms with E-state index in [0.717, 1.165) is 22.1 Å². The first-order valence-corrected chi connectivity index (χ1v) is 9.90. The van der Waals surface area contributed by atoms with Crippen LogP contribution in [0.15, 0.2) is 33.9 Å². The van der Waals surface area contributed by atoms with Crippen molar-refractivity contribution in [3.63, 3.8) is 0 Å². The van der Waals surface area contributed by atoms with Gasteiger partial charge in [-0.25, -0.2) is 8.42 Å². The predicted octanol–water partition coefficient (Wildman–Crippen LogP) is 1.33. The van der Waals surface area contributed by atoms with Crippen molar-refractivity contribution in [3.8, 4) is 0 Å². The molecule has 0 aliphatic heterocycles. The molecule has 0 aromatic heterocycles. The van der Waals surface area contributed by atoms with Crippen LogP contribution in [-0.4, -0.2) is 18.5 Å². The molecule has 1 aromatic rings. The topological polar surface area (TPSA) is 57.2 Å². The van der Waals surface area contributed by atoms with Crippen molar-refractivity contribution in [3.05, 3.63) is 43.1 Å². The van der Waals surface area contributed by atoms with Gasteiger partial charge in [-0.3, -0.25) is 0 Å². The van der Waals surface area contributed by atoms with Crippen molar-refractivity contribution >= 4 is 10.1 Å².